The summed E-state index contributed by atoms with van der Waals surface area (Å²) in [6.07, 6.45) is 1.29. The van der Waals surface area contributed by atoms with Gasteiger partial charge in [-0.15, -0.1) is 0 Å². The van der Waals surface area contributed by atoms with E-state index >= 15 is 0 Å². The molecular weight excluding hydrogens is 366 g/mol. The van der Waals surface area contributed by atoms with E-state index in [1.807, 2.05) is 6.92 Å². The SMILES string of the molecule is CC(C)(C)[Si](C)(C)OC1C[C@H](n2cnc3c(=O)[nH]c(N)nc32)O[C@]1(C)CO. The van der Waals surface area contributed by atoms with E-state index in [9.17, 15) is 9.90 Å². The number of nitrogens with one attached hydrogen (secondary N) is 1. The van der Waals surface area contributed by atoms with Crippen LogP contribution in [0.2, 0.25) is 18.1 Å². The van der Waals surface area contributed by atoms with Gasteiger partial charge in [0.15, 0.2) is 19.5 Å². The van der Waals surface area contributed by atoms with Gasteiger partial charge < -0.3 is 20.0 Å². The lowest BCUT2D eigenvalue weighted by Crippen LogP contribution is -2.50. The average Bonchev–Trinajstić information content (AvgIpc) is 3.08. The summed E-state index contributed by atoms with van der Waals surface area (Å²) >= 11 is 0. The third-order valence-corrected chi connectivity index (χ3v) is 10.3. The molecule has 10 heteroatoms. The molecule has 4 N–H and O–H groups in total. The zero-order chi connectivity index (χ0) is 20.2. The molecule has 0 aromatic carbocycles. The quantitative estimate of drug-likeness (QED) is 0.673. The molecule has 150 valence electrons. The van der Waals surface area contributed by atoms with Crippen LogP contribution in [0.3, 0.4) is 0 Å². The Bertz CT molecular complexity index is 903. The lowest BCUT2D eigenvalue weighted by molar-refractivity contribution is -0.112. The van der Waals surface area contributed by atoms with Gasteiger partial charge in [0.25, 0.3) is 5.56 Å². The Morgan fingerprint density at radius 2 is 2.19 bits per heavy atom. The molecule has 0 saturated carbocycles. The highest BCUT2D eigenvalue weighted by Crippen LogP contribution is 2.44. The molecule has 1 saturated heterocycles. The number of hydrogen-bond acceptors (Lipinski definition) is 7. The van der Waals surface area contributed by atoms with Crippen molar-refractivity contribution in [2.45, 2.75) is 70.2 Å². The van der Waals surface area contributed by atoms with Crippen LogP contribution in [-0.4, -0.2) is 51.3 Å². The predicted molar refractivity (Wildman–Crippen MR) is 105 cm³/mol. The minimum absolute atomic E-state index is 0.0197. The topological polar surface area (TPSA) is 128 Å². The number of nitrogens with zero attached hydrogens (tertiary/aromatic N) is 3. The second-order valence-corrected chi connectivity index (χ2v) is 13.7. The van der Waals surface area contributed by atoms with Crippen molar-refractivity contribution in [2.75, 3.05) is 12.3 Å². The largest absolute Gasteiger partial charge is 0.411 e. The maximum atomic E-state index is 12.0. The Kier molecular flexibility index (Phi) is 4.74. The third-order valence-electron chi connectivity index (χ3n) is 5.82. The summed E-state index contributed by atoms with van der Waals surface area (Å²) in [5.41, 5.74) is 4.99. The van der Waals surface area contributed by atoms with Crippen molar-refractivity contribution in [3.05, 3.63) is 16.7 Å². The van der Waals surface area contributed by atoms with Gasteiger partial charge in [-0.2, -0.15) is 4.98 Å². The van der Waals surface area contributed by atoms with Crippen molar-refractivity contribution in [3.8, 4) is 0 Å². The molecule has 27 heavy (non-hydrogen) atoms. The number of nitrogens with two attached hydrogens (primary N) is 1. The number of aromatic nitrogens is 4. The first kappa shape index (κ1) is 20.0. The highest BCUT2D eigenvalue weighted by molar-refractivity contribution is 6.74. The van der Waals surface area contributed by atoms with E-state index in [1.54, 1.807) is 4.57 Å². The number of aromatic amines is 1. The summed E-state index contributed by atoms with van der Waals surface area (Å²) in [5, 5.41) is 10.0. The number of H-pyrrole nitrogens is 1. The van der Waals surface area contributed by atoms with Crippen molar-refractivity contribution in [1.82, 2.24) is 19.5 Å². The minimum Gasteiger partial charge on any atom is -0.411 e. The first-order valence-corrected chi connectivity index (χ1v) is 12.0. The van der Waals surface area contributed by atoms with Crippen LogP contribution in [0.4, 0.5) is 5.95 Å². The van der Waals surface area contributed by atoms with Gasteiger partial charge in [0, 0.05) is 6.42 Å². The van der Waals surface area contributed by atoms with Gasteiger partial charge in [-0.25, -0.2) is 4.98 Å². The van der Waals surface area contributed by atoms with Gasteiger partial charge in [-0.3, -0.25) is 14.3 Å². The highest BCUT2D eigenvalue weighted by Gasteiger charge is 2.51. The average molecular weight is 396 g/mol. The number of aliphatic hydroxyl groups is 1. The number of nitrogen functional groups attached to an aromatic ring is 1. The first-order valence-electron chi connectivity index (χ1n) is 9.07. The van der Waals surface area contributed by atoms with Crippen LogP contribution >= 0.6 is 0 Å². The lowest BCUT2D eigenvalue weighted by atomic mass is 10.0. The monoisotopic (exact) mass is 395 g/mol. The minimum atomic E-state index is -2.07. The Hall–Kier alpha value is -1.75. The predicted octanol–water partition coefficient (Wildman–Crippen LogP) is 1.76. The maximum absolute atomic E-state index is 12.0. The fourth-order valence-corrected chi connectivity index (χ4v) is 4.45. The van der Waals surface area contributed by atoms with E-state index in [-0.39, 0.29) is 29.2 Å². The second-order valence-electron chi connectivity index (χ2n) is 8.92. The van der Waals surface area contributed by atoms with Crippen LogP contribution in [0.5, 0.6) is 0 Å². The van der Waals surface area contributed by atoms with Gasteiger partial charge in [0.05, 0.1) is 19.0 Å². The maximum Gasteiger partial charge on any atom is 0.280 e. The molecule has 0 amide bonds. The standard InChI is InChI=1S/C17H29N5O4Si/c1-16(2,3)27(5,6)26-10-7-11(25-17(10,4)8-23)22-9-19-12-13(22)20-15(18)21-14(12)24/h9-11,23H,7-8H2,1-6H3,(H3,18,20,21,24)/t10?,11-,17-/m1/s1. The molecule has 1 aliphatic rings. The number of hydrogen-bond donors (Lipinski definition) is 3. The van der Waals surface area contributed by atoms with Gasteiger partial charge in [0.1, 0.15) is 11.8 Å². The molecule has 3 atom stereocenters. The summed E-state index contributed by atoms with van der Waals surface area (Å²) in [6.45, 7) is 12.5. The van der Waals surface area contributed by atoms with Crippen molar-refractivity contribution in [2.24, 2.45) is 0 Å². The van der Waals surface area contributed by atoms with E-state index in [0.717, 1.165) is 0 Å². The number of fused-ring (bicyclic) bond motifs is 1. The van der Waals surface area contributed by atoms with Gasteiger partial charge in [-0.05, 0) is 25.1 Å². The van der Waals surface area contributed by atoms with Crippen LogP contribution < -0.4 is 11.3 Å². The summed E-state index contributed by atoms with van der Waals surface area (Å²) in [6, 6.07) is 0. The van der Waals surface area contributed by atoms with Crippen LogP contribution in [0.25, 0.3) is 11.2 Å². The fourth-order valence-electron chi connectivity index (χ4n) is 3.04. The van der Waals surface area contributed by atoms with E-state index in [1.165, 1.54) is 6.33 Å². The lowest BCUT2D eigenvalue weighted by Gasteiger charge is -2.41. The Morgan fingerprint density at radius 3 is 2.78 bits per heavy atom. The molecule has 3 heterocycles. The van der Waals surface area contributed by atoms with Crippen molar-refractivity contribution < 1.29 is 14.3 Å². The molecule has 1 aliphatic heterocycles. The molecule has 9 nitrogen and oxygen atoms in total. The molecule has 1 unspecified atom stereocenters. The van der Waals surface area contributed by atoms with E-state index < -0.39 is 25.7 Å². The zero-order valence-electron chi connectivity index (χ0n) is 16.7. The molecular formula is C17H29N5O4Si. The van der Waals surface area contributed by atoms with Crippen LogP contribution in [0, 0.1) is 0 Å². The first-order chi connectivity index (χ1) is 12.4. The van der Waals surface area contributed by atoms with Crippen molar-refractivity contribution in [3.63, 3.8) is 0 Å². The molecule has 0 radical (unpaired) electrons. The number of ether oxygens (including phenoxy) is 1. The van der Waals surface area contributed by atoms with E-state index in [2.05, 4.69) is 48.8 Å². The molecule has 0 spiro atoms. The van der Waals surface area contributed by atoms with Crippen LogP contribution in [0.15, 0.2) is 11.1 Å². The summed E-state index contributed by atoms with van der Waals surface area (Å²) < 4.78 is 14.4. The van der Waals surface area contributed by atoms with Crippen molar-refractivity contribution >= 4 is 25.4 Å². The normalized spacial score (nSPS) is 26.8. The molecule has 2 aromatic rings. The van der Waals surface area contributed by atoms with Gasteiger partial charge in [0.2, 0.25) is 5.95 Å². The number of imidazole rings is 1. The number of aliphatic hydroxyl groups excluding tert-OH is 1. The summed E-state index contributed by atoms with van der Waals surface area (Å²) in [7, 11) is -2.07. The molecule has 2 aromatic heterocycles. The second kappa shape index (κ2) is 6.40. The Labute approximate surface area is 159 Å². The fraction of sp³-hybridized carbons (Fsp3) is 0.706. The smallest absolute Gasteiger partial charge is 0.280 e. The Balaban J connectivity index is 1.95. The molecule has 0 bridgehead atoms. The van der Waals surface area contributed by atoms with Gasteiger partial charge in [-0.1, -0.05) is 20.8 Å². The number of rotatable bonds is 4. The Morgan fingerprint density at radius 1 is 1.52 bits per heavy atom. The van der Waals surface area contributed by atoms with E-state index in [4.69, 9.17) is 14.9 Å². The van der Waals surface area contributed by atoms with Crippen LogP contribution in [0.1, 0.15) is 40.3 Å². The molecule has 1 fully saturated rings. The van der Waals surface area contributed by atoms with Crippen molar-refractivity contribution in [1.29, 1.82) is 0 Å². The van der Waals surface area contributed by atoms with Crippen LogP contribution in [-0.2, 0) is 9.16 Å². The molecule has 0 aliphatic carbocycles. The molecule has 3 rings (SSSR count). The number of anilines is 1. The highest BCUT2D eigenvalue weighted by atomic mass is 28.4. The zero-order valence-corrected chi connectivity index (χ0v) is 17.7. The third kappa shape index (κ3) is 3.42. The van der Waals surface area contributed by atoms with Gasteiger partial charge >= 0.3 is 0 Å². The summed E-state index contributed by atoms with van der Waals surface area (Å²) in [5.74, 6) is 0.0197. The summed E-state index contributed by atoms with van der Waals surface area (Å²) in [4.78, 5) is 22.8. The van der Waals surface area contributed by atoms with E-state index in [0.29, 0.717) is 12.1 Å².